The number of nitrogens with zero attached hydrogens (tertiary/aromatic N) is 6. The molecule has 1 amide bonds. The highest BCUT2D eigenvalue weighted by Crippen LogP contribution is 2.18. The van der Waals surface area contributed by atoms with E-state index in [1.807, 2.05) is 12.1 Å². The van der Waals surface area contributed by atoms with Crippen LogP contribution >= 0.6 is 0 Å². The quantitative estimate of drug-likeness (QED) is 0.787. The maximum absolute atomic E-state index is 12.4. The van der Waals surface area contributed by atoms with Gasteiger partial charge in [0.05, 0.1) is 13.2 Å². The summed E-state index contributed by atoms with van der Waals surface area (Å²) in [4.78, 5) is 18.5. The lowest BCUT2D eigenvalue weighted by atomic mass is 10.2. The molecule has 2 aliphatic heterocycles. The van der Waals surface area contributed by atoms with E-state index in [9.17, 15) is 4.79 Å². The highest BCUT2D eigenvalue weighted by atomic mass is 16.5. The van der Waals surface area contributed by atoms with Gasteiger partial charge in [-0.05, 0) is 19.1 Å². The molecule has 9 nitrogen and oxygen atoms in total. The van der Waals surface area contributed by atoms with Crippen LogP contribution in [-0.4, -0.2) is 78.6 Å². The van der Waals surface area contributed by atoms with Crippen LogP contribution in [0.3, 0.4) is 0 Å². The molecule has 26 heavy (non-hydrogen) atoms. The van der Waals surface area contributed by atoms with E-state index in [2.05, 4.69) is 25.2 Å². The Morgan fingerprint density at radius 3 is 2.12 bits per heavy atom. The summed E-state index contributed by atoms with van der Waals surface area (Å²) in [5.74, 6) is 2.27. The molecule has 0 radical (unpaired) electrons. The first-order chi connectivity index (χ1) is 12.7. The van der Waals surface area contributed by atoms with Crippen LogP contribution < -0.4 is 9.80 Å². The van der Waals surface area contributed by atoms with Crippen LogP contribution in [0.5, 0.6) is 0 Å². The summed E-state index contributed by atoms with van der Waals surface area (Å²) in [5, 5.41) is 12.5. The fourth-order valence-corrected chi connectivity index (χ4v) is 3.22. The Balaban J connectivity index is 1.35. The van der Waals surface area contributed by atoms with E-state index in [-0.39, 0.29) is 5.91 Å². The smallest absolute Gasteiger partial charge is 0.276 e. The van der Waals surface area contributed by atoms with Crippen molar-refractivity contribution in [1.82, 2.24) is 20.3 Å². The number of anilines is 2. The predicted octanol–water partition coefficient (Wildman–Crippen LogP) is 0.572. The molecule has 4 rings (SSSR count). The van der Waals surface area contributed by atoms with E-state index < -0.39 is 0 Å². The molecule has 0 atom stereocenters. The second-order valence-electron chi connectivity index (χ2n) is 6.45. The SMILES string of the molecule is Cc1cc(C(=O)N2CCN(c3ccc(N4CCOCC4)nn3)CC2)no1. The lowest BCUT2D eigenvalue weighted by Gasteiger charge is -2.35. The molecule has 2 aromatic rings. The molecule has 2 aliphatic rings. The van der Waals surface area contributed by atoms with Gasteiger partial charge in [-0.1, -0.05) is 5.16 Å². The Morgan fingerprint density at radius 2 is 1.58 bits per heavy atom. The largest absolute Gasteiger partial charge is 0.378 e. The van der Waals surface area contributed by atoms with Gasteiger partial charge in [-0.25, -0.2) is 0 Å². The van der Waals surface area contributed by atoms with Crippen LogP contribution in [0.1, 0.15) is 16.2 Å². The first-order valence-electron chi connectivity index (χ1n) is 8.85. The first-order valence-corrected chi connectivity index (χ1v) is 8.85. The van der Waals surface area contributed by atoms with E-state index >= 15 is 0 Å². The summed E-state index contributed by atoms with van der Waals surface area (Å²) in [7, 11) is 0. The van der Waals surface area contributed by atoms with Gasteiger partial charge in [0.1, 0.15) is 5.76 Å². The van der Waals surface area contributed by atoms with E-state index in [1.165, 1.54) is 0 Å². The molecule has 0 bridgehead atoms. The Labute approximate surface area is 151 Å². The minimum atomic E-state index is -0.0877. The molecule has 2 fully saturated rings. The van der Waals surface area contributed by atoms with Crippen molar-refractivity contribution < 1.29 is 14.1 Å². The average Bonchev–Trinajstić information content (AvgIpc) is 3.15. The fourth-order valence-electron chi connectivity index (χ4n) is 3.22. The summed E-state index contributed by atoms with van der Waals surface area (Å²) in [6.07, 6.45) is 0. The van der Waals surface area contributed by atoms with Gasteiger partial charge < -0.3 is 24.0 Å². The zero-order chi connectivity index (χ0) is 17.9. The molecule has 0 aliphatic carbocycles. The van der Waals surface area contributed by atoms with Crippen molar-refractivity contribution in [3.63, 3.8) is 0 Å². The summed E-state index contributed by atoms with van der Waals surface area (Å²) < 4.78 is 10.4. The molecule has 0 saturated carbocycles. The number of hydrogen-bond donors (Lipinski definition) is 0. The summed E-state index contributed by atoms with van der Waals surface area (Å²) >= 11 is 0. The molecule has 0 N–H and O–H groups in total. The normalized spacial score (nSPS) is 18.3. The van der Waals surface area contributed by atoms with Gasteiger partial charge in [-0.15, -0.1) is 10.2 Å². The van der Waals surface area contributed by atoms with Crippen LogP contribution in [0.25, 0.3) is 0 Å². The number of piperazine rings is 1. The molecule has 138 valence electrons. The van der Waals surface area contributed by atoms with Crippen LogP contribution in [0.2, 0.25) is 0 Å². The Hall–Kier alpha value is -2.68. The average molecular weight is 358 g/mol. The van der Waals surface area contributed by atoms with Crippen LogP contribution in [-0.2, 0) is 4.74 Å². The molecule has 2 saturated heterocycles. The van der Waals surface area contributed by atoms with Gasteiger partial charge in [0.25, 0.3) is 5.91 Å². The number of aryl methyl sites for hydroxylation is 1. The van der Waals surface area contributed by atoms with Gasteiger partial charge in [-0.2, -0.15) is 0 Å². The molecule has 0 aromatic carbocycles. The maximum atomic E-state index is 12.4. The second-order valence-corrected chi connectivity index (χ2v) is 6.45. The third kappa shape index (κ3) is 3.48. The minimum absolute atomic E-state index is 0.0877. The summed E-state index contributed by atoms with van der Waals surface area (Å²) in [6.45, 7) is 7.60. The Morgan fingerprint density at radius 1 is 0.962 bits per heavy atom. The van der Waals surface area contributed by atoms with Crippen molar-refractivity contribution in [3.05, 3.63) is 29.7 Å². The zero-order valence-electron chi connectivity index (χ0n) is 14.8. The molecule has 4 heterocycles. The standard InChI is InChI=1S/C17H22N6O3/c1-13-12-14(20-26-13)17(24)23-6-4-21(5-7-23)15-2-3-16(19-18-15)22-8-10-25-11-9-22/h2-3,12H,4-11H2,1H3. The lowest BCUT2D eigenvalue weighted by molar-refractivity contribution is 0.0736. The Kier molecular flexibility index (Phi) is 4.70. The molecular weight excluding hydrogens is 336 g/mol. The third-order valence-corrected chi connectivity index (χ3v) is 4.71. The molecule has 0 unspecified atom stereocenters. The zero-order valence-corrected chi connectivity index (χ0v) is 14.8. The number of morpholine rings is 1. The van der Waals surface area contributed by atoms with Crippen molar-refractivity contribution >= 4 is 17.5 Å². The van der Waals surface area contributed by atoms with Gasteiger partial charge >= 0.3 is 0 Å². The van der Waals surface area contributed by atoms with Crippen molar-refractivity contribution in [2.45, 2.75) is 6.92 Å². The van der Waals surface area contributed by atoms with Crippen molar-refractivity contribution in [1.29, 1.82) is 0 Å². The number of carbonyl (C=O) groups excluding carboxylic acids is 1. The number of ether oxygens (including phenoxy) is 1. The monoisotopic (exact) mass is 358 g/mol. The van der Waals surface area contributed by atoms with Crippen molar-refractivity contribution in [3.8, 4) is 0 Å². The van der Waals surface area contributed by atoms with Crippen LogP contribution in [0, 0.1) is 6.92 Å². The van der Waals surface area contributed by atoms with E-state index in [4.69, 9.17) is 9.26 Å². The summed E-state index contributed by atoms with van der Waals surface area (Å²) in [6, 6.07) is 5.67. The number of carbonyl (C=O) groups is 1. The lowest BCUT2D eigenvalue weighted by Crippen LogP contribution is -2.49. The van der Waals surface area contributed by atoms with Crippen molar-refractivity contribution in [2.75, 3.05) is 62.3 Å². The first kappa shape index (κ1) is 16.8. The fraction of sp³-hybridized carbons (Fsp3) is 0.529. The topological polar surface area (TPSA) is 87.8 Å². The molecule has 0 spiro atoms. The third-order valence-electron chi connectivity index (χ3n) is 4.71. The molecule has 9 heteroatoms. The number of amides is 1. The Bertz CT molecular complexity index is 748. The highest BCUT2D eigenvalue weighted by Gasteiger charge is 2.25. The van der Waals surface area contributed by atoms with Crippen molar-refractivity contribution in [2.24, 2.45) is 0 Å². The van der Waals surface area contributed by atoms with E-state index in [0.29, 0.717) is 37.6 Å². The van der Waals surface area contributed by atoms with Gasteiger partial charge in [0.2, 0.25) is 0 Å². The van der Waals surface area contributed by atoms with Crippen LogP contribution in [0.4, 0.5) is 11.6 Å². The molecular formula is C17H22N6O3. The second kappa shape index (κ2) is 7.28. The number of hydrogen-bond acceptors (Lipinski definition) is 8. The van der Waals surface area contributed by atoms with E-state index in [1.54, 1.807) is 17.9 Å². The van der Waals surface area contributed by atoms with E-state index in [0.717, 1.165) is 37.9 Å². The predicted molar refractivity (Wildman–Crippen MR) is 94.4 cm³/mol. The van der Waals surface area contributed by atoms with Gasteiger partial charge in [-0.3, -0.25) is 4.79 Å². The maximum Gasteiger partial charge on any atom is 0.276 e. The number of aromatic nitrogens is 3. The highest BCUT2D eigenvalue weighted by molar-refractivity contribution is 5.92. The van der Waals surface area contributed by atoms with Crippen LogP contribution in [0.15, 0.2) is 22.7 Å². The molecule has 2 aromatic heterocycles. The van der Waals surface area contributed by atoms with Gasteiger partial charge in [0, 0.05) is 45.3 Å². The summed E-state index contributed by atoms with van der Waals surface area (Å²) in [5.41, 5.74) is 0.366. The number of rotatable bonds is 3. The minimum Gasteiger partial charge on any atom is -0.378 e. The van der Waals surface area contributed by atoms with Gasteiger partial charge in [0.15, 0.2) is 17.3 Å².